The van der Waals surface area contributed by atoms with Crippen LogP contribution in [0, 0.1) is 19.7 Å². The zero-order valence-electron chi connectivity index (χ0n) is 12.0. The van der Waals surface area contributed by atoms with Crippen molar-refractivity contribution in [3.8, 4) is 0 Å². The fourth-order valence-electron chi connectivity index (χ4n) is 2.10. The molecule has 0 saturated carbocycles. The molecule has 3 rings (SSSR count). The third kappa shape index (κ3) is 2.62. The Morgan fingerprint density at radius 3 is 2.82 bits per heavy atom. The molecule has 0 fully saturated rings. The number of aryl methyl sites for hydroxylation is 2. The van der Waals surface area contributed by atoms with Gasteiger partial charge in [0.2, 0.25) is 0 Å². The summed E-state index contributed by atoms with van der Waals surface area (Å²) in [6.07, 6.45) is 1.57. The van der Waals surface area contributed by atoms with Crippen LogP contribution in [0.2, 0.25) is 0 Å². The van der Waals surface area contributed by atoms with Crippen LogP contribution in [0.15, 0.2) is 34.7 Å². The van der Waals surface area contributed by atoms with Crippen molar-refractivity contribution in [1.29, 1.82) is 0 Å². The third-order valence-corrected chi connectivity index (χ3v) is 4.16. The summed E-state index contributed by atoms with van der Waals surface area (Å²) in [6.45, 7) is 3.88. The maximum atomic E-state index is 12.8. The van der Waals surface area contributed by atoms with E-state index in [0.717, 1.165) is 22.0 Å². The van der Waals surface area contributed by atoms with Gasteiger partial charge in [-0.1, -0.05) is 0 Å². The first kappa shape index (κ1) is 14.4. The molecule has 5 nitrogen and oxygen atoms in total. The number of rotatable bonds is 3. The van der Waals surface area contributed by atoms with Crippen molar-refractivity contribution in [1.82, 2.24) is 14.8 Å². The highest BCUT2D eigenvalue weighted by atomic mass is 32.1. The summed E-state index contributed by atoms with van der Waals surface area (Å²) in [5.41, 5.74) is 5.51. The number of hydrogen-bond acceptors (Lipinski definition) is 4. The van der Waals surface area contributed by atoms with Crippen LogP contribution in [-0.2, 0) is 0 Å². The fraction of sp³-hybridized carbons (Fsp3) is 0.133. The Bertz CT molecular complexity index is 864. The summed E-state index contributed by atoms with van der Waals surface area (Å²) in [5.74, 6) is -0.776. The molecule has 0 atom stereocenters. The Morgan fingerprint density at radius 2 is 2.09 bits per heavy atom. The molecule has 0 radical (unpaired) electrons. The minimum absolute atomic E-state index is 0.348. The molecule has 7 heteroatoms. The SMILES string of the molecule is Cc1nc2scc(C)n2c1/C=N\NC(=O)c1ccc(F)cc1. The Kier molecular flexibility index (Phi) is 3.72. The highest BCUT2D eigenvalue weighted by Gasteiger charge is 2.10. The second kappa shape index (κ2) is 5.69. The molecule has 0 saturated heterocycles. The molecule has 112 valence electrons. The van der Waals surface area contributed by atoms with Crippen LogP contribution in [0.25, 0.3) is 4.96 Å². The van der Waals surface area contributed by atoms with Crippen LogP contribution in [0.3, 0.4) is 0 Å². The molecule has 1 N–H and O–H groups in total. The van der Waals surface area contributed by atoms with E-state index in [-0.39, 0.29) is 5.82 Å². The molecule has 22 heavy (non-hydrogen) atoms. The van der Waals surface area contributed by atoms with Gasteiger partial charge in [0, 0.05) is 16.6 Å². The molecule has 0 aliphatic rings. The van der Waals surface area contributed by atoms with Crippen LogP contribution in [0.4, 0.5) is 4.39 Å². The van der Waals surface area contributed by atoms with E-state index >= 15 is 0 Å². The first-order chi connectivity index (χ1) is 10.6. The first-order valence-electron chi connectivity index (χ1n) is 6.58. The minimum Gasteiger partial charge on any atom is -0.286 e. The van der Waals surface area contributed by atoms with E-state index in [9.17, 15) is 9.18 Å². The standard InChI is InChI=1S/C15H13FN4OS/c1-9-8-22-15-18-10(2)13(20(9)15)7-17-19-14(21)11-3-5-12(16)6-4-11/h3-8H,1-2H3,(H,19,21)/b17-7-. The second-order valence-electron chi connectivity index (χ2n) is 4.78. The van der Waals surface area contributed by atoms with Crippen molar-refractivity contribution in [2.75, 3.05) is 0 Å². The molecular weight excluding hydrogens is 303 g/mol. The Balaban J connectivity index is 1.79. The van der Waals surface area contributed by atoms with Gasteiger partial charge in [0.25, 0.3) is 5.91 Å². The monoisotopic (exact) mass is 316 g/mol. The minimum atomic E-state index is -0.392. The third-order valence-electron chi connectivity index (χ3n) is 3.21. The van der Waals surface area contributed by atoms with E-state index in [1.165, 1.54) is 24.3 Å². The molecule has 3 aromatic rings. The van der Waals surface area contributed by atoms with Crippen molar-refractivity contribution < 1.29 is 9.18 Å². The van der Waals surface area contributed by atoms with Crippen LogP contribution in [0.1, 0.15) is 27.4 Å². The van der Waals surface area contributed by atoms with Gasteiger partial charge in [-0.05, 0) is 38.1 Å². The summed E-state index contributed by atoms with van der Waals surface area (Å²) in [7, 11) is 0. The zero-order chi connectivity index (χ0) is 15.7. The molecule has 0 unspecified atom stereocenters. The summed E-state index contributed by atoms with van der Waals surface area (Å²) in [4.78, 5) is 17.2. The summed E-state index contributed by atoms with van der Waals surface area (Å²) in [6, 6.07) is 5.28. The average Bonchev–Trinajstić information content (AvgIpc) is 3.00. The second-order valence-corrected chi connectivity index (χ2v) is 5.62. The van der Waals surface area contributed by atoms with Crippen molar-refractivity contribution in [3.05, 3.63) is 58.1 Å². The van der Waals surface area contributed by atoms with Crippen LogP contribution < -0.4 is 5.43 Å². The lowest BCUT2D eigenvalue weighted by Gasteiger charge is -2.00. The molecule has 0 bridgehead atoms. The van der Waals surface area contributed by atoms with Gasteiger partial charge in [0.1, 0.15) is 5.82 Å². The fourth-order valence-corrected chi connectivity index (χ4v) is 3.01. The number of carbonyl (C=O) groups is 1. The smallest absolute Gasteiger partial charge is 0.271 e. The lowest BCUT2D eigenvalue weighted by atomic mass is 10.2. The van der Waals surface area contributed by atoms with Gasteiger partial charge in [-0.3, -0.25) is 9.20 Å². The lowest BCUT2D eigenvalue weighted by molar-refractivity contribution is 0.0955. The summed E-state index contributed by atoms with van der Waals surface area (Å²) >= 11 is 1.55. The van der Waals surface area contributed by atoms with E-state index in [1.807, 2.05) is 23.6 Å². The molecule has 0 aliphatic carbocycles. The maximum absolute atomic E-state index is 12.8. The highest BCUT2D eigenvalue weighted by Crippen LogP contribution is 2.19. The average molecular weight is 316 g/mol. The van der Waals surface area contributed by atoms with E-state index in [1.54, 1.807) is 17.6 Å². The number of thiazole rings is 1. The summed E-state index contributed by atoms with van der Waals surface area (Å²) < 4.78 is 14.8. The number of carbonyl (C=O) groups excluding carboxylic acids is 1. The number of nitrogens with zero attached hydrogens (tertiary/aromatic N) is 3. The number of halogens is 1. The van der Waals surface area contributed by atoms with Crippen LogP contribution in [0.5, 0.6) is 0 Å². The number of benzene rings is 1. The number of hydrogen-bond donors (Lipinski definition) is 1. The largest absolute Gasteiger partial charge is 0.286 e. The Hall–Kier alpha value is -2.54. The molecule has 2 aromatic heterocycles. The van der Waals surface area contributed by atoms with Gasteiger partial charge in [-0.2, -0.15) is 5.10 Å². The maximum Gasteiger partial charge on any atom is 0.271 e. The number of imidazole rings is 1. The van der Waals surface area contributed by atoms with E-state index in [2.05, 4.69) is 15.5 Å². The van der Waals surface area contributed by atoms with E-state index < -0.39 is 5.91 Å². The number of hydrazone groups is 1. The van der Waals surface area contributed by atoms with Gasteiger partial charge >= 0.3 is 0 Å². The lowest BCUT2D eigenvalue weighted by Crippen LogP contribution is -2.17. The van der Waals surface area contributed by atoms with Crippen molar-refractivity contribution in [2.45, 2.75) is 13.8 Å². The normalized spacial score (nSPS) is 11.4. The Labute approximate surface area is 130 Å². The first-order valence-corrected chi connectivity index (χ1v) is 7.46. The van der Waals surface area contributed by atoms with Gasteiger partial charge < -0.3 is 0 Å². The van der Waals surface area contributed by atoms with Crippen molar-refractivity contribution in [2.24, 2.45) is 5.10 Å². The van der Waals surface area contributed by atoms with E-state index in [4.69, 9.17) is 0 Å². The Morgan fingerprint density at radius 1 is 1.36 bits per heavy atom. The number of amides is 1. The van der Waals surface area contributed by atoms with Crippen LogP contribution >= 0.6 is 11.3 Å². The molecule has 0 spiro atoms. The number of fused-ring (bicyclic) bond motifs is 1. The predicted octanol–water partition coefficient (Wildman–Crippen LogP) is 2.92. The molecule has 2 heterocycles. The summed E-state index contributed by atoms with van der Waals surface area (Å²) in [5, 5.41) is 5.98. The number of aromatic nitrogens is 2. The van der Waals surface area contributed by atoms with Gasteiger partial charge in [0.15, 0.2) is 4.96 Å². The van der Waals surface area contributed by atoms with E-state index in [0.29, 0.717) is 5.56 Å². The number of nitrogens with one attached hydrogen (secondary N) is 1. The predicted molar refractivity (Wildman–Crippen MR) is 84.0 cm³/mol. The van der Waals surface area contributed by atoms with Gasteiger partial charge in [-0.25, -0.2) is 14.8 Å². The molecular formula is C15H13FN4OS. The highest BCUT2D eigenvalue weighted by molar-refractivity contribution is 7.15. The van der Waals surface area contributed by atoms with Gasteiger partial charge in [-0.15, -0.1) is 11.3 Å². The van der Waals surface area contributed by atoms with Gasteiger partial charge in [0.05, 0.1) is 17.6 Å². The topological polar surface area (TPSA) is 58.8 Å². The molecule has 1 aromatic carbocycles. The van der Waals surface area contributed by atoms with Crippen LogP contribution in [-0.4, -0.2) is 21.5 Å². The zero-order valence-corrected chi connectivity index (χ0v) is 12.8. The molecule has 1 amide bonds. The van der Waals surface area contributed by atoms with Crippen molar-refractivity contribution >= 4 is 28.4 Å². The quantitative estimate of drug-likeness (QED) is 0.596. The van der Waals surface area contributed by atoms with Crippen molar-refractivity contribution in [3.63, 3.8) is 0 Å². The molecule has 0 aliphatic heterocycles.